The first-order valence-corrected chi connectivity index (χ1v) is 6.28. The summed E-state index contributed by atoms with van der Waals surface area (Å²) in [4.78, 5) is 23.9. The van der Waals surface area contributed by atoms with Gasteiger partial charge in [0.15, 0.2) is 0 Å². The van der Waals surface area contributed by atoms with Crippen LogP contribution in [0.2, 0.25) is 0 Å². The maximum Gasteiger partial charge on any atom is 0.333 e. The lowest BCUT2D eigenvalue weighted by Crippen LogP contribution is -2.42. The van der Waals surface area contributed by atoms with Crippen LogP contribution in [-0.4, -0.2) is 39.8 Å². The molecule has 112 valence electrons. The minimum Gasteiger partial charge on any atom is -0.394 e. The van der Waals surface area contributed by atoms with Crippen molar-refractivity contribution >= 4 is 0 Å². The summed E-state index contributed by atoms with van der Waals surface area (Å²) >= 11 is 0. The highest BCUT2D eigenvalue weighted by molar-refractivity contribution is 5.04. The smallest absolute Gasteiger partial charge is 0.333 e. The molecule has 8 heteroatoms. The van der Waals surface area contributed by atoms with E-state index in [4.69, 9.17) is 9.84 Å². The van der Waals surface area contributed by atoms with Crippen molar-refractivity contribution in [3.63, 3.8) is 0 Å². The third kappa shape index (κ3) is 2.53. The Morgan fingerprint density at radius 1 is 1.50 bits per heavy atom. The Kier molecular flexibility index (Phi) is 4.34. The summed E-state index contributed by atoms with van der Waals surface area (Å²) in [6.07, 6.45) is -2.11. The van der Waals surface area contributed by atoms with E-state index in [1.165, 1.54) is 13.1 Å². The topological polar surface area (TPSA) is 73.5 Å². The minimum atomic E-state index is -1.39. The Labute approximate surface area is 113 Å². The van der Waals surface area contributed by atoms with Crippen molar-refractivity contribution in [3.8, 4) is 0 Å². The van der Waals surface area contributed by atoms with E-state index in [0.29, 0.717) is 0 Å². The number of hydrogen-bond donors (Lipinski definition) is 1. The predicted octanol–water partition coefficient (Wildman–Crippen LogP) is -0.0942. The van der Waals surface area contributed by atoms with E-state index in [1.807, 2.05) is 0 Å². The number of aliphatic hydroxyl groups is 1. The first kappa shape index (κ1) is 14.9. The summed E-state index contributed by atoms with van der Waals surface area (Å²) in [7, 11) is 0. The number of hydrogen-bond acceptors (Lipinski definition) is 4. The Balaban J connectivity index is 2.43. The average Bonchev–Trinajstić information content (AvgIpc) is 2.80. The van der Waals surface area contributed by atoms with Gasteiger partial charge in [-0.05, 0) is 6.92 Å². The molecule has 0 radical (unpaired) electrons. The Hall–Kier alpha value is -1.54. The number of alkyl halides is 2. The number of rotatable bonds is 4. The summed E-state index contributed by atoms with van der Waals surface area (Å²) in [6, 6.07) is 0. The number of ether oxygens (including phenoxy) is 1. The van der Waals surface area contributed by atoms with Gasteiger partial charge in [-0.25, -0.2) is 13.6 Å². The first-order chi connectivity index (χ1) is 9.49. The lowest BCUT2D eigenvalue weighted by Gasteiger charge is -2.17. The molecule has 1 aromatic heterocycles. The van der Waals surface area contributed by atoms with Crippen molar-refractivity contribution in [2.45, 2.75) is 38.4 Å². The van der Waals surface area contributed by atoms with E-state index in [1.54, 1.807) is 0 Å². The first-order valence-electron chi connectivity index (χ1n) is 6.28. The van der Waals surface area contributed by atoms with Crippen LogP contribution in [0.15, 0.2) is 15.8 Å². The molecule has 0 amide bonds. The molecule has 20 heavy (non-hydrogen) atoms. The van der Waals surface area contributed by atoms with Gasteiger partial charge in [0.05, 0.1) is 13.2 Å². The van der Waals surface area contributed by atoms with Crippen LogP contribution in [0.3, 0.4) is 0 Å². The van der Waals surface area contributed by atoms with Gasteiger partial charge >= 0.3 is 5.69 Å². The Morgan fingerprint density at radius 3 is 2.75 bits per heavy atom. The molecule has 0 aliphatic carbocycles. The van der Waals surface area contributed by atoms with Gasteiger partial charge in [-0.15, -0.1) is 0 Å². The molecule has 0 saturated carbocycles. The molecule has 0 spiro atoms. The molecule has 1 fully saturated rings. The highest BCUT2D eigenvalue weighted by atomic mass is 19.1. The monoisotopic (exact) mass is 290 g/mol. The molecule has 2 heterocycles. The number of aryl methyl sites for hydroxylation is 1. The summed E-state index contributed by atoms with van der Waals surface area (Å²) in [5.41, 5.74) is -1.07. The molecule has 1 unspecified atom stereocenters. The molecule has 1 aromatic rings. The number of halogens is 2. The van der Waals surface area contributed by atoms with Crippen molar-refractivity contribution in [1.82, 2.24) is 9.13 Å². The van der Waals surface area contributed by atoms with Gasteiger partial charge in [0.1, 0.15) is 25.2 Å². The maximum atomic E-state index is 13.6. The molecular weight excluding hydrogens is 274 g/mol. The SMILES string of the molecule is Cc1cn([C@H]2CC(F)[C@@H](CO)O2)c(=O)n(CCF)c1=O. The van der Waals surface area contributed by atoms with Crippen molar-refractivity contribution < 1.29 is 18.6 Å². The van der Waals surface area contributed by atoms with Crippen LogP contribution < -0.4 is 11.2 Å². The van der Waals surface area contributed by atoms with Crippen LogP contribution in [0, 0.1) is 6.92 Å². The highest BCUT2D eigenvalue weighted by Crippen LogP contribution is 2.29. The standard InChI is InChI=1S/C12H16F2N2O4/c1-7-5-16(10-4-8(14)9(6-17)20-10)12(19)15(3-2-13)11(7)18/h5,8-10,17H,2-4,6H2,1H3/t8?,9-,10-/m1/s1. The van der Waals surface area contributed by atoms with Gasteiger partial charge in [0, 0.05) is 18.2 Å². The predicted molar refractivity (Wildman–Crippen MR) is 66.2 cm³/mol. The van der Waals surface area contributed by atoms with Crippen LogP contribution in [0.5, 0.6) is 0 Å². The largest absolute Gasteiger partial charge is 0.394 e. The van der Waals surface area contributed by atoms with Gasteiger partial charge in [-0.1, -0.05) is 0 Å². The highest BCUT2D eigenvalue weighted by Gasteiger charge is 2.36. The van der Waals surface area contributed by atoms with E-state index in [2.05, 4.69) is 0 Å². The summed E-state index contributed by atoms with van der Waals surface area (Å²) in [5, 5.41) is 8.95. The van der Waals surface area contributed by atoms with Crippen LogP contribution in [0.1, 0.15) is 18.2 Å². The number of nitrogens with zero attached hydrogens (tertiary/aromatic N) is 2. The van der Waals surface area contributed by atoms with E-state index in [-0.39, 0.29) is 18.5 Å². The van der Waals surface area contributed by atoms with Crippen LogP contribution in [-0.2, 0) is 11.3 Å². The quantitative estimate of drug-likeness (QED) is 0.841. The van der Waals surface area contributed by atoms with Crippen LogP contribution >= 0.6 is 0 Å². The molecule has 2 rings (SSSR count). The molecule has 1 N–H and O–H groups in total. The number of aliphatic hydroxyl groups excluding tert-OH is 1. The molecular formula is C12H16F2N2O4. The Morgan fingerprint density at radius 2 is 2.20 bits per heavy atom. The van der Waals surface area contributed by atoms with E-state index in [0.717, 1.165) is 9.13 Å². The third-order valence-electron chi connectivity index (χ3n) is 3.33. The van der Waals surface area contributed by atoms with Crippen molar-refractivity contribution in [1.29, 1.82) is 0 Å². The molecule has 1 aliphatic heterocycles. The van der Waals surface area contributed by atoms with Gasteiger partial charge in [-0.3, -0.25) is 13.9 Å². The molecule has 0 aromatic carbocycles. The lowest BCUT2D eigenvalue weighted by atomic mass is 10.2. The lowest BCUT2D eigenvalue weighted by molar-refractivity contribution is -0.0362. The average molecular weight is 290 g/mol. The van der Waals surface area contributed by atoms with Crippen LogP contribution in [0.4, 0.5) is 8.78 Å². The number of aromatic nitrogens is 2. The van der Waals surface area contributed by atoms with E-state index >= 15 is 0 Å². The van der Waals surface area contributed by atoms with Gasteiger partial charge in [-0.2, -0.15) is 0 Å². The van der Waals surface area contributed by atoms with E-state index in [9.17, 15) is 18.4 Å². The van der Waals surface area contributed by atoms with Crippen LogP contribution in [0.25, 0.3) is 0 Å². The summed E-state index contributed by atoms with van der Waals surface area (Å²) in [6.45, 7) is -0.211. The second kappa shape index (κ2) is 5.84. The normalized spacial score (nSPS) is 26.1. The van der Waals surface area contributed by atoms with Crippen molar-refractivity contribution in [3.05, 3.63) is 32.6 Å². The Bertz CT molecular complexity index is 598. The maximum absolute atomic E-state index is 13.6. The summed E-state index contributed by atoms with van der Waals surface area (Å²) in [5.74, 6) is 0. The molecule has 6 nitrogen and oxygen atoms in total. The zero-order chi connectivity index (χ0) is 14.9. The van der Waals surface area contributed by atoms with Gasteiger partial charge in [0.2, 0.25) is 0 Å². The van der Waals surface area contributed by atoms with E-state index < -0.39 is 43.0 Å². The second-order valence-electron chi connectivity index (χ2n) is 4.71. The molecule has 1 aliphatic rings. The third-order valence-corrected chi connectivity index (χ3v) is 3.33. The molecule has 3 atom stereocenters. The zero-order valence-corrected chi connectivity index (χ0v) is 11.0. The van der Waals surface area contributed by atoms with Gasteiger partial charge in [0.25, 0.3) is 5.56 Å². The second-order valence-corrected chi connectivity index (χ2v) is 4.71. The van der Waals surface area contributed by atoms with Crippen molar-refractivity contribution in [2.24, 2.45) is 0 Å². The fourth-order valence-corrected chi connectivity index (χ4v) is 2.27. The molecule has 1 saturated heterocycles. The minimum absolute atomic E-state index is 0.0988. The fourth-order valence-electron chi connectivity index (χ4n) is 2.27. The van der Waals surface area contributed by atoms with Gasteiger partial charge < -0.3 is 9.84 Å². The van der Waals surface area contributed by atoms with Crippen molar-refractivity contribution in [2.75, 3.05) is 13.3 Å². The summed E-state index contributed by atoms with van der Waals surface area (Å²) < 4.78 is 33.1. The fraction of sp³-hybridized carbons (Fsp3) is 0.667. The molecule has 0 bridgehead atoms. The zero-order valence-electron chi connectivity index (χ0n) is 11.0.